The molecule has 146 valence electrons. The first-order chi connectivity index (χ1) is 13.6. The van der Waals surface area contributed by atoms with Gasteiger partial charge in [-0.3, -0.25) is 4.79 Å². The Morgan fingerprint density at radius 1 is 1.25 bits per heavy atom. The highest BCUT2D eigenvalue weighted by molar-refractivity contribution is 7.99. The minimum atomic E-state index is -0.437. The molecule has 0 spiro atoms. The van der Waals surface area contributed by atoms with Crippen molar-refractivity contribution in [1.29, 1.82) is 0 Å². The molecular weight excluding hydrogens is 395 g/mol. The monoisotopic (exact) mass is 416 g/mol. The predicted molar refractivity (Wildman–Crippen MR) is 115 cm³/mol. The van der Waals surface area contributed by atoms with E-state index in [1.54, 1.807) is 36.5 Å². The Hall–Kier alpha value is -2.38. The van der Waals surface area contributed by atoms with Crippen LogP contribution < -0.4 is 10.1 Å². The molecule has 28 heavy (non-hydrogen) atoms. The first-order valence-electron chi connectivity index (χ1n) is 8.91. The second kappa shape index (κ2) is 9.71. The van der Waals surface area contributed by atoms with Crippen molar-refractivity contribution in [1.82, 2.24) is 4.98 Å². The van der Waals surface area contributed by atoms with Gasteiger partial charge >= 0.3 is 0 Å². The Labute approximate surface area is 172 Å². The number of aromatic nitrogens is 1. The summed E-state index contributed by atoms with van der Waals surface area (Å²) in [7, 11) is 0. The van der Waals surface area contributed by atoms with E-state index in [-0.39, 0.29) is 16.8 Å². The van der Waals surface area contributed by atoms with E-state index in [9.17, 15) is 9.18 Å². The largest absolute Gasteiger partial charge is 0.494 e. The van der Waals surface area contributed by atoms with Crippen LogP contribution >= 0.6 is 23.1 Å². The topological polar surface area (TPSA) is 51.2 Å². The summed E-state index contributed by atoms with van der Waals surface area (Å²) < 4.78 is 19.1. The normalized spacial score (nSPS) is 11.8. The van der Waals surface area contributed by atoms with Crippen LogP contribution in [0.5, 0.6) is 5.75 Å². The standard InChI is InChI=1S/C21H21FN2O2S2/c1-3-26-17-10-8-15(9-11-17)21-23-16(13-28-21)12-27-14(2)20(25)24-19-7-5-4-6-18(19)22/h4-11,13-14H,3,12H2,1-2H3,(H,24,25). The highest BCUT2D eigenvalue weighted by atomic mass is 32.2. The van der Waals surface area contributed by atoms with Gasteiger partial charge in [-0.1, -0.05) is 12.1 Å². The molecule has 1 amide bonds. The van der Waals surface area contributed by atoms with Gasteiger partial charge in [0.2, 0.25) is 5.91 Å². The van der Waals surface area contributed by atoms with Crippen molar-refractivity contribution < 1.29 is 13.9 Å². The molecule has 0 saturated carbocycles. The molecule has 7 heteroatoms. The quantitative estimate of drug-likeness (QED) is 0.519. The maximum Gasteiger partial charge on any atom is 0.237 e. The summed E-state index contributed by atoms with van der Waals surface area (Å²) in [4.78, 5) is 16.9. The summed E-state index contributed by atoms with van der Waals surface area (Å²) in [5.74, 6) is 0.789. The summed E-state index contributed by atoms with van der Waals surface area (Å²) in [6.45, 7) is 4.40. The fourth-order valence-electron chi connectivity index (χ4n) is 2.45. The number of halogens is 1. The number of thiazole rings is 1. The lowest BCUT2D eigenvalue weighted by atomic mass is 10.2. The lowest BCUT2D eigenvalue weighted by molar-refractivity contribution is -0.115. The van der Waals surface area contributed by atoms with Crippen LogP contribution in [0.15, 0.2) is 53.9 Å². The molecular formula is C21H21FN2O2S2. The number of nitrogens with one attached hydrogen (secondary N) is 1. The number of anilines is 1. The van der Waals surface area contributed by atoms with Crippen molar-refractivity contribution in [3.63, 3.8) is 0 Å². The minimum absolute atomic E-state index is 0.200. The maximum absolute atomic E-state index is 13.7. The molecule has 1 unspecified atom stereocenters. The number of benzene rings is 2. The van der Waals surface area contributed by atoms with Crippen LogP contribution in [0.25, 0.3) is 10.6 Å². The second-order valence-corrected chi connectivity index (χ2v) is 8.21. The highest BCUT2D eigenvalue weighted by Gasteiger charge is 2.16. The average Bonchev–Trinajstić information content (AvgIpc) is 3.17. The average molecular weight is 417 g/mol. The summed E-state index contributed by atoms with van der Waals surface area (Å²) in [5, 5.41) is 5.24. The Morgan fingerprint density at radius 2 is 2.00 bits per heavy atom. The van der Waals surface area contributed by atoms with E-state index >= 15 is 0 Å². The van der Waals surface area contributed by atoms with E-state index in [4.69, 9.17) is 4.74 Å². The molecule has 0 radical (unpaired) electrons. The molecule has 0 saturated heterocycles. The zero-order valence-corrected chi connectivity index (χ0v) is 17.3. The Balaban J connectivity index is 1.55. The molecule has 1 heterocycles. The van der Waals surface area contributed by atoms with Crippen molar-refractivity contribution in [2.45, 2.75) is 24.9 Å². The number of hydrogen-bond donors (Lipinski definition) is 1. The number of nitrogens with zero attached hydrogens (tertiary/aromatic N) is 1. The van der Waals surface area contributed by atoms with Crippen molar-refractivity contribution in [2.24, 2.45) is 0 Å². The molecule has 4 nitrogen and oxygen atoms in total. The van der Waals surface area contributed by atoms with Crippen LogP contribution in [0.1, 0.15) is 19.5 Å². The van der Waals surface area contributed by atoms with Crippen molar-refractivity contribution in [3.8, 4) is 16.3 Å². The lowest BCUT2D eigenvalue weighted by Crippen LogP contribution is -2.23. The number of ether oxygens (including phenoxy) is 1. The van der Waals surface area contributed by atoms with E-state index < -0.39 is 5.82 Å². The van der Waals surface area contributed by atoms with E-state index in [2.05, 4.69) is 10.3 Å². The van der Waals surface area contributed by atoms with Gasteiger partial charge in [-0.15, -0.1) is 23.1 Å². The zero-order valence-electron chi connectivity index (χ0n) is 15.6. The van der Waals surface area contributed by atoms with Gasteiger partial charge in [-0.25, -0.2) is 9.37 Å². The predicted octanol–water partition coefficient (Wildman–Crippen LogP) is 5.61. The number of hydrogen-bond acceptors (Lipinski definition) is 5. The molecule has 3 rings (SSSR count). The molecule has 0 aliphatic carbocycles. The van der Waals surface area contributed by atoms with Crippen LogP contribution in [-0.4, -0.2) is 22.7 Å². The van der Waals surface area contributed by atoms with E-state index in [1.165, 1.54) is 17.8 Å². The molecule has 0 bridgehead atoms. The molecule has 0 aliphatic rings. The summed E-state index contributed by atoms with van der Waals surface area (Å²) in [6.07, 6.45) is 0. The smallest absolute Gasteiger partial charge is 0.237 e. The number of rotatable bonds is 8. The molecule has 1 atom stereocenters. The number of carbonyl (C=O) groups excluding carboxylic acids is 1. The van der Waals surface area contributed by atoms with Crippen LogP contribution in [0.4, 0.5) is 10.1 Å². The minimum Gasteiger partial charge on any atom is -0.494 e. The third-order valence-corrected chi connectivity index (χ3v) is 6.06. The summed E-state index contributed by atoms with van der Waals surface area (Å²) in [5.41, 5.74) is 2.16. The molecule has 0 aliphatic heterocycles. The van der Waals surface area contributed by atoms with Gasteiger partial charge in [0, 0.05) is 16.7 Å². The molecule has 0 fully saturated rings. The van der Waals surface area contributed by atoms with Crippen molar-refractivity contribution >= 4 is 34.7 Å². The SMILES string of the molecule is CCOc1ccc(-c2nc(CSC(C)C(=O)Nc3ccccc3F)cs2)cc1. The first kappa shape index (κ1) is 20.4. The first-order valence-corrected chi connectivity index (χ1v) is 10.8. The molecule has 1 aromatic heterocycles. The Morgan fingerprint density at radius 3 is 2.71 bits per heavy atom. The van der Waals surface area contributed by atoms with Crippen LogP contribution in [0.2, 0.25) is 0 Å². The van der Waals surface area contributed by atoms with Gasteiger partial charge in [-0.2, -0.15) is 0 Å². The van der Waals surface area contributed by atoms with Crippen LogP contribution in [0.3, 0.4) is 0 Å². The van der Waals surface area contributed by atoms with E-state index in [0.717, 1.165) is 22.0 Å². The number of thioether (sulfide) groups is 1. The van der Waals surface area contributed by atoms with Gasteiger partial charge in [-0.05, 0) is 50.2 Å². The fourth-order valence-corrected chi connectivity index (χ4v) is 4.16. The van der Waals surface area contributed by atoms with Crippen molar-refractivity contribution in [2.75, 3.05) is 11.9 Å². The maximum atomic E-state index is 13.7. The highest BCUT2D eigenvalue weighted by Crippen LogP contribution is 2.28. The number of amides is 1. The van der Waals surface area contributed by atoms with Crippen LogP contribution in [0, 0.1) is 5.82 Å². The fraction of sp³-hybridized carbons (Fsp3) is 0.238. The lowest BCUT2D eigenvalue weighted by Gasteiger charge is -2.11. The molecule has 1 N–H and O–H groups in total. The van der Waals surface area contributed by atoms with E-state index in [1.807, 2.05) is 36.6 Å². The molecule has 3 aromatic rings. The van der Waals surface area contributed by atoms with E-state index in [0.29, 0.717) is 12.4 Å². The van der Waals surface area contributed by atoms with Gasteiger partial charge in [0.25, 0.3) is 0 Å². The number of carbonyl (C=O) groups is 1. The summed E-state index contributed by atoms with van der Waals surface area (Å²) >= 11 is 3.04. The Bertz CT molecular complexity index is 928. The second-order valence-electron chi connectivity index (χ2n) is 6.02. The number of para-hydroxylation sites is 1. The summed E-state index contributed by atoms with van der Waals surface area (Å²) in [6, 6.07) is 14.0. The third-order valence-electron chi connectivity index (χ3n) is 3.95. The van der Waals surface area contributed by atoms with Crippen molar-refractivity contribution in [3.05, 3.63) is 65.4 Å². The van der Waals surface area contributed by atoms with Gasteiger partial charge in [0.1, 0.15) is 16.6 Å². The van der Waals surface area contributed by atoms with Gasteiger partial charge in [0.05, 0.1) is 23.2 Å². The van der Waals surface area contributed by atoms with Crippen LogP contribution in [-0.2, 0) is 10.5 Å². The zero-order chi connectivity index (χ0) is 19.9. The Kier molecular flexibility index (Phi) is 7.06. The van der Waals surface area contributed by atoms with Gasteiger partial charge < -0.3 is 10.1 Å². The van der Waals surface area contributed by atoms with Gasteiger partial charge in [0.15, 0.2) is 0 Å². The third kappa shape index (κ3) is 5.33. The molecule has 2 aromatic carbocycles.